The number of halogens is 3. The Kier molecular flexibility index (Phi) is 5.42. The number of aromatic nitrogens is 2. The van der Waals surface area contributed by atoms with Gasteiger partial charge in [0, 0.05) is 23.9 Å². The van der Waals surface area contributed by atoms with Gasteiger partial charge in [0.2, 0.25) is 11.8 Å². The fraction of sp³-hybridized carbons (Fsp3) is 0.400. The molecule has 0 atom stereocenters. The molecule has 2 aromatic rings. The van der Waals surface area contributed by atoms with Crippen molar-refractivity contribution < 1.29 is 27.2 Å². The number of carbonyl (C=O) groups is 1. The molecule has 0 bridgehead atoms. The zero-order valence-electron chi connectivity index (χ0n) is 13.1. The van der Waals surface area contributed by atoms with Crippen LogP contribution in [-0.2, 0) is 17.8 Å². The third-order valence-corrected chi connectivity index (χ3v) is 3.22. The van der Waals surface area contributed by atoms with E-state index in [0.29, 0.717) is 22.6 Å². The topological polar surface area (TPSA) is 77.3 Å². The van der Waals surface area contributed by atoms with Crippen molar-refractivity contribution in [1.29, 1.82) is 0 Å². The van der Waals surface area contributed by atoms with Gasteiger partial charge in [0.15, 0.2) is 6.61 Å². The summed E-state index contributed by atoms with van der Waals surface area (Å²) in [7, 11) is 0. The molecular formula is C15H16F3N3O3. The molecule has 24 heavy (non-hydrogen) atoms. The van der Waals surface area contributed by atoms with Crippen molar-refractivity contribution in [1.82, 2.24) is 15.5 Å². The standard InChI is InChI=1S/C15H16F3N3O3/c1-9-12(10(2)24-21-9)6-13(22)20-7-11-4-3-5-19-14(11)23-8-15(16,17)18/h3-5H,6-8H2,1-2H3,(H,20,22). The Morgan fingerprint density at radius 3 is 2.75 bits per heavy atom. The summed E-state index contributed by atoms with van der Waals surface area (Å²) in [6.07, 6.45) is -3.07. The zero-order chi connectivity index (χ0) is 17.7. The minimum Gasteiger partial charge on any atom is -0.468 e. The van der Waals surface area contributed by atoms with Crippen LogP contribution in [-0.4, -0.2) is 28.8 Å². The molecule has 0 fully saturated rings. The smallest absolute Gasteiger partial charge is 0.422 e. The van der Waals surface area contributed by atoms with E-state index < -0.39 is 12.8 Å². The maximum absolute atomic E-state index is 12.2. The highest BCUT2D eigenvalue weighted by Gasteiger charge is 2.29. The molecule has 1 amide bonds. The number of hydrogen-bond donors (Lipinski definition) is 1. The molecule has 6 nitrogen and oxygen atoms in total. The van der Waals surface area contributed by atoms with E-state index in [1.165, 1.54) is 12.3 Å². The van der Waals surface area contributed by atoms with E-state index in [9.17, 15) is 18.0 Å². The average Bonchev–Trinajstić information content (AvgIpc) is 2.83. The lowest BCUT2D eigenvalue weighted by molar-refractivity contribution is -0.154. The number of rotatable bonds is 6. The molecule has 0 radical (unpaired) electrons. The number of carbonyl (C=O) groups excluding carboxylic acids is 1. The number of alkyl halides is 3. The lowest BCUT2D eigenvalue weighted by atomic mass is 10.1. The van der Waals surface area contributed by atoms with Crippen LogP contribution in [0.3, 0.4) is 0 Å². The Hall–Kier alpha value is -2.58. The van der Waals surface area contributed by atoms with Crippen LogP contribution in [0.25, 0.3) is 0 Å². The van der Waals surface area contributed by atoms with Crippen LogP contribution >= 0.6 is 0 Å². The second-order valence-corrected chi connectivity index (χ2v) is 5.13. The van der Waals surface area contributed by atoms with Gasteiger partial charge in [-0.15, -0.1) is 0 Å². The number of nitrogens with zero attached hydrogens (tertiary/aromatic N) is 2. The van der Waals surface area contributed by atoms with Gasteiger partial charge in [-0.3, -0.25) is 4.79 Å². The Bertz CT molecular complexity index is 694. The molecule has 0 saturated carbocycles. The number of ether oxygens (including phenoxy) is 1. The van der Waals surface area contributed by atoms with Gasteiger partial charge in [0.25, 0.3) is 0 Å². The highest BCUT2D eigenvalue weighted by Crippen LogP contribution is 2.20. The van der Waals surface area contributed by atoms with Crippen molar-refractivity contribution >= 4 is 5.91 Å². The van der Waals surface area contributed by atoms with Gasteiger partial charge in [0.1, 0.15) is 5.76 Å². The van der Waals surface area contributed by atoms with Crippen LogP contribution in [0.2, 0.25) is 0 Å². The first kappa shape index (κ1) is 17.8. The summed E-state index contributed by atoms with van der Waals surface area (Å²) in [5.74, 6) is 0.0840. The predicted octanol–water partition coefficient (Wildman–Crippen LogP) is 2.49. The SMILES string of the molecule is Cc1noc(C)c1CC(=O)NCc1cccnc1OCC(F)(F)F. The summed E-state index contributed by atoms with van der Waals surface area (Å²) >= 11 is 0. The van der Waals surface area contributed by atoms with E-state index in [4.69, 9.17) is 4.52 Å². The largest absolute Gasteiger partial charge is 0.468 e. The van der Waals surface area contributed by atoms with Gasteiger partial charge in [-0.1, -0.05) is 11.2 Å². The average molecular weight is 343 g/mol. The minimum atomic E-state index is -4.46. The molecule has 0 aliphatic carbocycles. The first-order chi connectivity index (χ1) is 11.3. The molecule has 0 aromatic carbocycles. The van der Waals surface area contributed by atoms with E-state index in [1.807, 2.05) is 0 Å². The van der Waals surface area contributed by atoms with Crippen molar-refractivity contribution in [3.8, 4) is 5.88 Å². The van der Waals surface area contributed by atoms with Crippen molar-refractivity contribution in [2.45, 2.75) is 33.0 Å². The number of hydrogen-bond acceptors (Lipinski definition) is 5. The second-order valence-electron chi connectivity index (χ2n) is 5.13. The van der Waals surface area contributed by atoms with Crippen molar-refractivity contribution in [2.75, 3.05) is 6.61 Å². The molecule has 2 rings (SSSR count). The molecule has 0 aliphatic rings. The van der Waals surface area contributed by atoms with Gasteiger partial charge in [-0.2, -0.15) is 13.2 Å². The van der Waals surface area contributed by atoms with Crippen LogP contribution in [0.1, 0.15) is 22.6 Å². The molecule has 130 valence electrons. The Labute approximate surface area is 136 Å². The molecular weight excluding hydrogens is 327 g/mol. The number of aryl methyl sites for hydroxylation is 2. The number of pyridine rings is 1. The summed E-state index contributed by atoms with van der Waals surface area (Å²) in [6.45, 7) is 1.99. The van der Waals surface area contributed by atoms with Crippen molar-refractivity contribution in [2.24, 2.45) is 0 Å². The third-order valence-electron chi connectivity index (χ3n) is 3.22. The van der Waals surface area contributed by atoms with Crippen LogP contribution in [0.15, 0.2) is 22.9 Å². The summed E-state index contributed by atoms with van der Waals surface area (Å²) in [5.41, 5.74) is 1.67. The van der Waals surface area contributed by atoms with Gasteiger partial charge >= 0.3 is 6.18 Å². The first-order valence-corrected chi connectivity index (χ1v) is 7.08. The van der Waals surface area contributed by atoms with E-state index >= 15 is 0 Å². The van der Waals surface area contributed by atoms with Crippen molar-refractivity contribution in [3.05, 3.63) is 40.9 Å². The minimum absolute atomic E-state index is 0.00321. The van der Waals surface area contributed by atoms with Crippen LogP contribution < -0.4 is 10.1 Å². The van der Waals surface area contributed by atoms with Gasteiger partial charge in [0.05, 0.1) is 12.1 Å². The van der Waals surface area contributed by atoms with Crippen molar-refractivity contribution in [3.63, 3.8) is 0 Å². The monoisotopic (exact) mass is 343 g/mol. The maximum Gasteiger partial charge on any atom is 0.422 e. The molecule has 0 unspecified atom stereocenters. The molecule has 0 saturated heterocycles. The van der Waals surface area contributed by atoms with Crippen LogP contribution in [0, 0.1) is 13.8 Å². The molecule has 0 spiro atoms. The summed E-state index contributed by atoms with van der Waals surface area (Å²) in [4.78, 5) is 15.8. The molecule has 2 aromatic heterocycles. The molecule has 2 heterocycles. The number of amides is 1. The van der Waals surface area contributed by atoms with Gasteiger partial charge in [-0.25, -0.2) is 4.98 Å². The fourth-order valence-electron chi connectivity index (χ4n) is 2.01. The Morgan fingerprint density at radius 1 is 1.38 bits per heavy atom. The number of nitrogens with one attached hydrogen (secondary N) is 1. The summed E-state index contributed by atoms with van der Waals surface area (Å²) in [5, 5.41) is 6.38. The third kappa shape index (κ3) is 4.97. The predicted molar refractivity (Wildman–Crippen MR) is 77.3 cm³/mol. The van der Waals surface area contributed by atoms with Gasteiger partial charge in [-0.05, 0) is 19.9 Å². The highest BCUT2D eigenvalue weighted by atomic mass is 19.4. The molecule has 0 aliphatic heterocycles. The molecule has 1 N–H and O–H groups in total. The summed E-state index contributed by atoms with van der Waals surface area (Å²) in [6, 6.07) is 3.09. The van der Waals surface area contributed by atoms with E-state index in [2.05, 4.69) is 20.2 Å². The second kappa shape index (κ2) is 7.33. The lowest BCUT2D eigenvalue weighted by Crippen LogP contribution is -2.26. The van der Waals surface area contributed by atoms with E-state index in [-0.39, 0.29) is 24.8 Å². The fourth-order valence-corrected chi connectivity index (χ4v) is 2.01. The highest BCUT2D eigenvalue weighted by molar-refractivity contribution is 5.79. The maximum atomic E-state index is 12.2. The Morgan fingerprint density at radius 2 is 2.12 bits per heavy atom. The first-order valence-electron chi connectivity index (χ1n) is 7.08. The lowest BCUT2D eigenvalue weighted by Gasteiger charge is -2.12. The Balaban J connectivity index is 1.95. The normalized spacial score (nSPS) is 11.4. The summed E-state index contributed by atoms with van der Waals surface area (Å²) < 4.78 is 46.4. The van der Waals surface area contributed by atoms with Gasteiger partial charge < -0.3 is 14.6 Å². The zero-order valence-corrected chi connectivity index (χ0v) is 13.1. The quantitative estimate of drug-likeness (QED) is 0.872. The van der Waals surface area contributed by atoms with Crippen LogP contribution in [0.5, 0.6) is 5.88 Å². The van der Waals surface area contributed by atoms with Crippen LogP contribution in [0.4, 0.5) is 13.2 Å². The van der Waals surface area contributed by atoms with E-state index in [1.54, 1.807) is 19.9 Å². The molecule has 9 heteroatoms. The van der Waals surface area contributed by atoms with E-state index in [0.717, 1.165) is 0 Å².